The van der Waals surface area contributed by atoms with Gasteiger partial charge in [-0.2, -0.15) is 5.10 Å². The standard InChI is InChI=1S/C17H21ClN4O2/c1-17(2,3)24-16(23)21-13-8-20-22(10-13)9-11-4-5-15(18)19-7-12-6-14(11)12/h4-5,8,10,12H,6-7,9H2,1-3H3,(H,21,23)/b5-4-,14-11-,19-15-. The molecule has 7 heteroatoms. The molecule has 0 aromatic carbocycles. The van der Waals surface area contributed by atoms with E-state index in [4.69, 9.17) is 16.3 Å². The summed E-state index contributed by atoms with van der Waals surface area (Å²) in [6.45, 7) is 6.87. The molecule has 3 rings (SSSR count). The van der Waals surface area contributed by atoms with Crippen LogP contribution < -0.4 is 5.32 Å². The molecule has 0 radical (unpaired) electrons. The topological polar surface area (TPSA) is 68.5 Å². The van der Waals surface area contributed by atoms with E-state index in [2.05, 4.69) is 15.4 Å². The summed E-state index contributed by atoms with van der Waals surface area (Å²) >= 11 is 6.02. The van der Waals surface area contributed by atoms with Crippen LogP contribution in [0.4, 0.5) is 10.5 Å². The van der Waals surface area contributed by atoms with Gasteiger partial charge >= 0.3 is 6.09 Å². The van der Waals surface area contributed by atoms with Crippen LogP contribution in [0.25, 0.3) is 0 Å². The lowest BCUT2D eigenvalue weighted by atomic mass is 10.2. The van der Waals surface area contributed by atoms with Gasteiger partial charge in [0.1, 0.15) is 10.8 Å². The molecule has 0 spiro atoms. The second-order valence-corrected chi connectivity index (χ2v) is 7.39. The van der Waals surface area contributed by atoms with Gasteiger partial charge in [0.2, 0.25) is 0 Å². The maximum absolute atomic E-state index is 11.8. The van der Waals surface area contributed by atoms with Gasteiger partial charge in [-0.1, -0.05) is 23.3 Å². The zero-order chi connectivity index (χ0) is 17.3. The van der Waals surface area contributed by atoms with Gasteiger partial charge in [0, 0.05) is 18.7 Å². The first kappa shape index (κ1) is 16.8. The van der Waals surface area contributed by atoms with E-state index in [0.29, 0.717) is 23.3 Å². The Bertz CT molecular complexity index is 740. The van der Waals surface area contributed by atoms with E-state index in [1.165, 1.54) is 11.1 Å². The van der Waals surface area contributed by atoms with Crippen LogP contribution in [0.15, 0.2) is 40.7 Å². The third-order valence-electron chi connectivity index (χ3n) is 3.71. The molecule has 1 fully saturated rings. The van der Waals surface area contributed by atoms with Gasteiger partial charge in [0.25, 0.3) is 0 Å². The SMILES string of the molecule is CC(C)(C)OC(=O)Nc1cnn(CC2=C3/CC3C/N=C(Cl)/C=C\2)c1. The lowest BCUT2D eigenvalue weighted by molar-refractivity contribution is 0.0636. The molecule has 1 aromatic heterocycles. The number of nitrogens with zero attached hydrogens (tertiary/aromatic N) is 3. The highest BCUT2D eigenvalue weighted by Crippen LogP contribution is 2.42. The van der Waals surface area contributed by atoms with Crippen molar-refractivity contribution in [1.29, 1.82) is 0 Å². The molecular weight excluding hydrogens is 328 g/mol. The lowest BCUT2D eigenvalue weighted by Crippen LogP contribution is -2.27. The maximum atomic E-state index is 11.8. The third kappa shape index (κ3) is 4.47. The molecule has 0 bridgehead atoms. The minimum Gasteiger partial charge on any atom is -0.444 e. The molecule has 1 saturated carbocycles. The molecule has 1 aliphatic carbocycles. The molecule has 1 aliphatic heterocycles. The average Bonchev–Trinajstić information content (AvgIpc) is 3.09. The summed E-state index contributed by atoms with van der Waals surface area (Å²) in [5.74, 6) is 0.508. The van der Waals surface area contributed by atoms with E-state index in [-0.39, 0.29) is 0 Å². The van der Waals surface area contributed by atoms with Crippen LogP contribution in [-0.2, 0) is 11.3 Å². The number of anilines is 1. The number of aromatic nitrogens is 2. The van der Waals surface area contributed by atoms with E-state index < -0.39 is 11.7 Å². The molecule has 24 heavy (non-hydrogen) atoms. The number of allylic oxidation sites excluding steroid dienone is 3. The summed E-state index contributed by atoms with van der Waals surface area (Å²) in [4.78, 5) is 16.1. The van der Waals surface area contributed by atoms with Crippen molar-refractivity contribution >= 4 is 28.6 Å². The molecule has 1 atom stereocenters. The first-order chi connectivity index (χ1) is 11.3. The molecule has 2 heterocycles. The Morgan fingerprint density at radius 3 is 3.00 bits per heavy atom. The van der Waals surface area contributed by atoms with Crippen molar-refractivity contribution in [2.45, 2.75) is 39.3 Å². The highest BCUT2D eigenvalue weighted by atomic mass is 35.5. The van der Waals surface area contributed by atoms with Gasteiger partial charge in [-0.25, -0.2) is 4.79 Å². The molecule has 0 saturated heterocycles. The fourth-order valence-corrected chi connectivity index (χ4v) is 2.70. The molecule has 128 valence electrons. The fraction of sp³-hybridized carbons (Fsp3) is 0.471. The largest absolute Gasteiger partial charge is 0.444 e. The first-order valence-corrected chi connectivity index (χ1v) is 8.30. The van der Waals surface area contributed by atoms with Crippen molar-refractivity contribution in [3.05, 3.63) is 35.7 Å². The number of amides is 1. The summed E-state index contributed by atoms with van der Waals surface area (Å²) in [5, 5.41) is 7.52. The van der Waals surface area contributed by atoms with Gasteiger partial charge < -0.3 is 4.74 Å². The van der Waals surface area contributed by atoms with Crippen LogP contribution in [0.3, 0.4) is 0 Å². The second kappa shape index (κ2) is 6.43. The van der Waals surface area contributed by atoms with Gasteiger partial charge in [-0.05, 0) is 38.8 Å². The highest BCUT2D eigenvalue weighted by molar-refractivity contribution is 6.68. The number of ether oxygens (including phenoxy) is 1. The number of rotatable bonds is 3. The van der Waals surface area contributed by atoms with Crippen molar-refractivity contribution in [2.75, 3.05) is 11.9 Å². The van der Waals surface area contributed by atoms with Crippen molar-refractivity contribution in [2.24, 2.45) is 10.9 Å². The minimum absolute atomic E-state index is 0.486. The minimum atomic E-state index is -0.530. The molecule has 6 nitrogen and oxygen atoms in total. The number of hydrogen-bond donors (Lipinski definition) is 1. The summed E-state index contributed by atoms with van der Waals surface area (Å²) in [7, 11) is 0. The number of fused-ring (bicyclic) bond motifs is 1. The van der Waals surface area contributed by atoms with E-state index in [1.807, 2.05) is 32.9 Å². The molecule has 1 unspecified atom stereocenters. The number of halogens is 1. The van der Waals surface area contributed by atoms with E-state index in [9.17, 15) is 4.79 Å². The Balaban J connectivity index is 1.64. The van der Waals surface area contributed by atoms with Crippen LogP contribution in [0.5, 0.6) is 0 Å². The highest BCUT2D eigenvalue weighted by Gasteiger charge is 2.32. The summed E-state index contributed by atoms with van der Waals surface area (Å²) < 4.78 is 7.02. The lowest BCUT2D eigenvalue weighted by Gasteiger charge is -2.19. The second-order valence-electron chi connectivity index (χ2n) is 7.00. The van der Waals surface area contributed by atoms with E-state index >= 15 is 0 Å². The molecule has 1 aromatic rings. The van der Waals surface area contributed by atoms with Crippen molar-refractivity contribution in [3.8, 4) is 0 Å². The number of carbonyl (C=O) groups is 1. The zero-order valence-electron chi connectivity index (χ0n) is 14.0. The van der Waals surface area contributed by atoms with Gasteiger partial charge in [0.15, 0.2) is 0 Å². The van der Waals surface area contributed by atoms with Gasteiger partial charge in [-0.15, -0.1) is 0 Å². The smallest absolute Gasteiger partial charge is 0.412 e. The van der Waals surface area contributed by atoms with Crippen molar-refractivity contribution in [1.82, 2.24) is 9.78 Å². The number of aliphatic imine (C=N–C) groups is 1. The Kier molecular flexibility index (Phi) is 4.49. The number of carbonyl (C=O) groups excluding carboxylic acids is 1. The van der Waals surface area contributed by atoms with Crippen LogP contribution in [0.2, 0.25) is 0 Å². The van der Waals surface area contributed by atoms with Crippen LogP contribution in [0.1, 0.15) is 27.2 Å². The Morgan fingerprint density at radius 2 is 2.25 bits per heavy atom. The van der Waals surface area contributed by atoms with Gasteiger partial charge in [-0.3, -0.25) is 15.0 Å². The average molecular weight is 349 g/mol. The van der Waals surface area contributed by atoms with Crippen molar-refractivity contribution < 1.29 is 9.53 Å². The fourth-order valence-electron chi connectivity index (χ4n) is 2.57. The van der Waals surface area contributed by atoms with Crippen LogP contribution in [-0.4, -0.2) is 33.2 Å². The van der Waals surface area contributed by atoms with Gasteiger partial charge in [0.05, 0.1) is 18.4 Å². The molecule has 2 aliphatic rings. The third-order valence-corrected chi connectivity index (χ3v) is 3.95. The number of hydrogen-bond acceptors (Lipinski definition) is 4. The normalized spacial score (nSPS) is 26.5. The van der Waals surface area contributed by atoms with Crippen molar-refractivity contribution in [3.63, 3.8) is 0 Å². The molecule has 1 N–H and O–H groups in total. The molecular formula is C17H21ClN4O2. The van der Waals surface area contributed by atoms with E-state index in [0.717, 1.165) is 13.0 Å². The number of nitrogens with one attached hydrogen (secondary N) is 1. The predicted octanol–water partition coefficient (Wildman–Crippen LogP) is 3.75. The Hall–Kier alpha value is -2.08. The maximum Gasteiger partial charge on any atom is 0.412 e. The van der Waals surface area contributed by atoms with Crippen LogP contribution >= 0.6 is 11.6 Å². The summed E-state index contributed by atoms with van der Waals surface area (Å²) in [5.41, 5.74) is 2.70. The predicted molar refractivity (Wildman–Crippen MR) is 94.5 cm³/mol. The quantitative estimate of drug-likeness (QED) is 0.904. The van der Waals surface area contributed by atoms with E-state index in [1.54, 1.807) is 17.1 Å². The zero-order valence-corrected chi connectivity index (χ0v) is 14.8. The Morgan fingerprint density at radius 1 is 1.46 bits per heavy atom. The monoisotopic (exact) mass is 348 g/mol. The summed E-state index contributed by atoms with van der Waals surface area (Å²) in [6.07, 6.45) is 7.81. The molecule has 1 amide bonds. The Labute approximate surface area is 146 Å². The first-order valence-electron chi connectivity index (χ1n) is 7.92. The summed E-state index contributed by atoms with van der Waals surface area (Å²) in [6, 6.07) is 0. The van der Waals surface area contributed by atoms with Crippen LogP contribution in [0, 0.1) is 5.92 Å².